The molecule has 0 radical (unpaired) electrons. The molecular formula is C18H28F3N5OS. The largest absolute Gasteiger partial charge is 0.434 e. The van der Waals surface area contributed by atoms with Crippen LogP contribution in [0.2, 0.25) is 0 Å². The van der Waals surface area contributed by atoms with Crippen LogP contribution in [0.5, 0.6) is 0 Å². The van der Waals surface area contributed by atoms with Crippen LogP contribution in [-0.4, -0.2) is 54.0 Å². The molecule has 0 aromatic carbocycles. The number of alkyl halides is 3. The van der Waals surface area contributed by atoms with Gasteiger partial charge in [0, 0.05) is 50.4 Å². The topological polar surface area (TPSA) is 69.6 Å². The summed E-state index contributed by atoms with van der Waals surface area (Å²) in [6.07, 6.45) is -0.412. The lowest BCUT2D eigenvalue weighted by molar-refractivity contribution is -0.140. The maximum Gasteiger partial charge on any atom is 0.434 e. The maximum absolute atomic E-state index is 12.6. The number of halogens is 3. The SMILES string of the molecule is CCNC(=NCCc1nc(C(F)(F)F)cs1)NCCC(=O)N1CCCCC1C. The van der Waals surface area contributed by atoms with E-state index in [1.54, 1.807) is 0 Å². The maximum atomic E-state index is 12.6. The summed E-state index contributed by atoms with van der Waals surface area (Å²) in [4.78, 5) is 22.3. The van der Waals surface area contributed by atoms with Crippen molar-refractivity contribution in [1.29, 1.82) is 0 Å². The second-order valence-corrected chi connectivity index (χ2v) is 7.69. The van der Waals surface area contributed by atoms with Gasteiger partial charge in [0.2, 0.25) is 5.91 Å². The van der Waals surface area contributed by atoms with Crippen molar-refractivity contribution in [3.05, 3.63) is 16.1 Å². The van der Waals surface area contributed by atoms with Gasteiger partial charge in [-0.1, -0.05) is 0 Å². The Bertz CT molecular complexity index is 662. The van der Waals surface area contributed by atoms with E-state index in [-0.39, 0.29) is 5.91 Å². The minimum Gasteiger partial charge on any atom is -0.357 e. The average Bonchev–Trinajstić information content (AvgIpc) is 3.11. The van der Waals surface area contributed by atoms with E-state index < -0.39 is 11.9 Å². The predicted molar refractivity (Wildman–Crippen MR) is 104 cm³/mol. The van der Waals surface area contributed by atoms with E-state index in [9.17, 15) is 18.0 Å². The highest BCUT2D eigenvalue weighted by Crippen LogP contribution is 2.30. The molecule has 0 aliphatic carbocycles. The number of nitrogens with zero attached hydrogens (tertiary/aromatic N) is 3. The van der Waals surface area contributed by atoms with Gasteiger partial charge in [0.25, 0.3) is 0 Å². The van der Waals surface area contributed by atoms with Crippen molar-refractivity contribution in [3.63, 3.8) is 0 Å². The molecule has 1 aromatic heterocycles. The third kappa shape index (κ3) is 6.96. The first-order valence-corrected chi connectivity index (χ1v) is 10.5. The summed E-state index contributed by atoms with van der Waals surface area (Å²) in [5.74, 6) is 0.688. The van der Waals surface area contributed by atoms with Gasteiger partial charge in [0.05, 0.1) is 5.01 Å². The number of rotatable bonds is 7. The number of nitrogens with one attached hydrogen (secondary N) is 2. The summed E-state index contributed by atoms with van der Waals surface area (Å²) >= 11 is 0.988. The van der Waals surface area contributed by atoms with Gasteiger partial charge in [-0.25, -0.2) is 4.98 Å². The van der Waals surface area contributed by atoms with Crippen LogP contribution < -0.4 is 10.6 Å². The normalized spacial score (nSPS) is 18.2. The second kappa shape index (κ2) is 10.6. The molecule has 158 valence electrons. The molecule has 0 saturated carbocycles. The quantitative estimate of drug-likeness (QED) is 0.527. The molecule has 1 aliphatic rings. The van der Waals surface area contributed by atoms with Gasteiger partial charge >= 0.3 is 6.18 Å². The molecule has 1 aliphatic heterocycles. The van der Waals surface area contributed by atoms with E-state index in [1.807, 2.05) is 11.8 Å². The second-order valence-electron chi connectivity index (χ2n) is 6.74. The van der Waals surface area contributed by atoms with E-state index in [1.165, 1.54) is 6.42 Å². The Balaban J connectivity index is 1.78. The fourth-order valence-electron chi connectivity index (χ4n) is 3.06. The summed E-state index contributed by atoms with van der Waals surface area (Å²) in [5.41, 5.74) is -0.855. The molecule has 1 fully saturated rings. The number of thiazole rings is 1. The molecule has 0 spiro atoms. The number of carbonyl (C=O) groups excluding carboxylic acids is 1. The van der Waals surface area contributed by atoms with Gasteiger partial charge in [-0.2, -0.15) is 13.2 Å². The minimum atomic E-state index is -4.41. The van der Waals surface area contributed by atoms with Crippen LogP contribution >= 0.6 is 11.3 Å². The fourth-order valence-corrected chi connectivity index (χ4v) is 3.86. The Morgan fingerprint density at radius 2 is 2.18 bits per heavy atom. The van der Waals surface area contributed by atoms with E-state index >= 15 is 0 Å². The molecule has 2 heterocycles. The molecule has 1 unspecified atom stereocenters. The number of piperidine rings is 1. The highest BCUT2D eigenvalue weighted by atomic mass is 32.1. The van der Waals surface area contributed by atoms with Crippen LogP contribution in [0.1, 0.15) is 50.2 Å². The van der Waals surface area contributed by atoms with Gasteiger partial charge in [0.1, 0.15) is 0 Å². The first-order valence-electron chi connectivity index (χ1n) is 9.64. The summed E-state index contributed by atoms with van der Waals surface area (Å²) in [6, 6.07) is 0.294. The highest BCUT2D eigenvalue weighted by molar-refractivity contribution is 7.09. The highest BCUT2D eigenvalue weighted by Gasteiger charge is 2.33. The number of hydrogen-bond donors (Lipinski definition) is 2. The van der Waals surface area contributed by atoms with Crippen molar-refractivity contribution in [3.8, 4) is 0 Å². The zero-order valence-electron chi connectivity index (χ0n) is 16.3. The van der Waals surface area contributed by atoms with Crippen molar-refractivity contribution in [2.45, 2.75) is 58.2 Å². The molecule has 1 aromatic rings. The number of carbonyl (C=O) groups is 1. The van der Waals surface area contributed by atoms with Crippen molar-refractivity contribution >= 4 is 23.2 Å². The summed E-state index contributed by atoms with van der Waals surface area (Å²) in [5, 5.41) is 7.62. The number of likely N-dealkylation sites (tertiary alicyclic amines) is 1. The molecule has 1 amide bonds. The lowest BCUT2D eigenvalue weighted by atomic mass is 10.0. The molecule has 6 nitrogen and oxygen atoms in total. The standard InChI is InChI=1S/C18H28F3N5OS/c1-3-22-17(23-9-7-15-25-14(12-28-15)18(19,20)21)24-10-8-16(27)26-11-5-4-6-13(26)2/h12-13H,3-11H2,1-2H3,(H2,22,23,24). The molecule has 2 N–H and O–H groups in total. The number of aliphatic imine (C=N–C) groups is 1. The Labute approximate surface area is 167 Å². The van der Waals surface area contributed by atoms with Crippen molar-refractivity contribution in [1.82, 2.24) is 20.5 Å². The van der Waals surface area contributed by atoms with E-state index in [4.69, 9.17) is 0 Å². The molecule has 1 saturated heterocycles. The molecule has 10 heteroatoms. The fraction of sp³-hybridized carbons (Fsp3) is 0.722. The lowest BCUT2D eigenvalue weighted by Crippen LogP contribution is -2.44. The van der Waals surface area contributed by atoms with Gasteiger partial charge in [-0.05, 0) is 33.1 Å². The Kier molecular flexibility index (Phi) is 8.53. The van der Waals surface area contributed by atoms with Crippen LogP contribution in [0, 0.1) is 0 Å². The summed E-state index contributed by atoms with van der Waals surface area (Å²) in [6.45, 7) is 6.26. The monoisotopic (exact) mass is 419 g/mol. The Morgan fingerprint density at radius 1 is 1.39 bits per heavy atom. The number of hydrogen-bond acceptors (Lipinski definition) is 4. The number of amides is 1. The first-order chi connectivity index (χ1) is 13.3. The molecule has 1 atom stereocenters. The summed E-state index contributed by atoms with van der Waals surface area (Å²) in [7, 11) is 0. The lowest BCUT2D eigenvalue weighted by Gasteiger charge is -2.33. The van der Waals surface area contributed by atoms with Gasteiger partial charge in [-0.3, -0.25) is 9.79 Å². The van der Waals surface area contributed by atoms with Crippen molar-refractivity contribution in [2.24, 2.45) is 4.99 Å². The van der Waals surface area contributed by atoms with Crippen molar-refractivity contribution in [2.75, 3.05) is 26.2 Å². The third-order valence-corrected chi connectivity index (χ3v) is 5.45. The van der Waals surface area contributed by atoms with E-state index in [0.717, 1.165) is 36.1 Å². The minimum absolute atomic E-state index is 0.137. The zero-order valence-corrected chi connectivity index (χ0v) is 17.1. The average molecular weight is 420 g/mol. The van der Waals surface area contributed by atoms with E-state index in [2.05, 4.69) is 27.5 Å². The first kappa shape index (κ1) is 22.4. The van der Waals surface area contributed by atoms with Crippen LogP contribution in [0.25, 0.3) is 0 Å². The Morgan fingerprint density at radius 3 is 2.82 bits per heavy atom. The molecule has 2 rings (SSSR count). The van der Waals surface area contributed by atoms with Crippen LogP contribution in [0.3, 0.4) is 0 Å². The Hall–Kier alpha value is -1.84. The van der Waals surface area contributed by atoms with Gasteiger partial charge in [-0.15, -0.1) is 11.3 Å². The molecule has 0 bridgehead atoms. The van der Waals surface area contributed by atoms with Crippen molar-refractivity contribution < 1.29 is 18.0 Å². The third-order valence-electron chi connectivity index (χ3n) is 4.54. The smallest absolute Gasteiger partial charge is 0.357 e. The predicted octanol–water partition coefficient (Wildman–Crippen LogP) is 3.05. The molecule has 28 heavy (non-hydrogen) atoms. The molecular weight excluding hydrogens is 391 g/mol. The van der Waals surface area contributed by atoms with Crippen LogP contribution in [-0.2, 0) is 17.4 Å². The number of guanidine groups is 1. The zero-order chi connectivity index (χ0) is 20.6. The van der Waals surface area contributed by atoms with Crippen LogP contribution in [0.15, 0.2) is 10.4 Å². The van der Waals surface area contributed by atoms with Gasteiger partial charge in [0.15, 0.2) is 11.7 Å². The number of aromatic nitrogens is 1. The van der Waals surface area contributed by atoms with E-state index in [0.29, 0.717) is 49.5 Å². The van der Waals surface area contributed by atoms with Gasteiger partial charge < -0.3 is 15.5 Å². The summed E-state index contributed by atoms with van der Waals surface area (Å²) < 4.78 is 37.7. The van der Waals surface area contributed by atoms with Crippen LogP contribution in [0.4, 0.5) is 13.2 Å².